The van der Waals surface area contributed by atoms with Crippen molar-refractivity contribution in [1.29, 1.82) is 0 Å². The number of hydrogen-bond donors (Lipinski definition) is 10. The zero-order valence-electron chi connectivity index (χ0n) is 26.4. The van der Waals surface area contributed by atoms with Gasteiger partial charge in [-0.25, -0.2) is 0 Å². The molecular formula is C28H57NO16. The fraction of sp³-hybridized carbons (Fsp3) is 0.964. The molecule has 17 nitrogen and oxygen atoms in total. The largest absolute Gasteiger partial charge is 0.396 e. The van der Waals surface area contributed by atoms with Gasteiger partial charge in [0.05, 0.1) is 84.9 Å². The second-order valence-corrected chi connectivity index (χ2v) is 11.1. The molecule has 0 bridgehead atoms. The minimum absolute atomic E-state index is 0.00765. The molecule has 0 saturated heterocycles. The van der Waals surface area contributed by atoms with Gasteiger partial charge in [0.15, 0.2) is 0 Å². The summed E-state index contributed by atoms with van der Waals surface area (Å²) in [4.78, 5) is 11.8. The highest BCUT2D eigenvalue weighted by molar-refractivity contribution is 5.75. The van der Waals surface area contributed by atoms with Gasteiger partial charge in [0.25, 0.3) is 0 Å². The van der Waals surface area contributed by atoms with Crippen molar-refractivity contribution >= 4 is 5.91 Å². The Hall–Kier alpha value is -1.13. The third-order valence-corrected chi connectivity index (χ3v) is 5.75. The van der Waals surface area contributed by atoms with E-state index in [1.54, 1.807) is 0 Å². The van der Waals surface area contributed by atoms with Crippen LogP contribution in [0.2, 0.25) is 0 Å². The van der Waals surface area contributed by atoms with Gasteiger partial charge in [-0.2, -0.15) is 0 Å². The van der Waals surface area contributed by atoms with E-state index in [4.69, 9.17) is 33.5 Å². The maximum Gasteiger partial charge on any atom is 0.222 e. The zero-order valence-corrected chi connectivity index (χ0v) is 26.4. The lowest BCUT2D eigenvalue weighted by Gasteiger charge is -2.22. The van der Waals surface area contributed by atoms with Crippen LogP contribution in [0.4, 0.5) is 0 Å². The molecule has 8 atom stereocenters. The predicted octanol–water partition coefficient (Wildman–Crippen LogP) is -4.48. The number of hydrogen-bond acceptors (Lipinski definition) is 16. The van der Waals surface area contributed by atoms with Crippen LogP contribution in [0.25, 0.3) is 0 Å². The molecule has 0 spiro atoms. The first-order valence-electron chi connectivity index (χ1n) is 15.1. The van der Waals surface area contributed by atoms with Crippen molar-refractivity contribution in [3.63, 3.8) is 0 Å². The molecule has 0 aromatic heterocycles. The molecule has 0 fully saturated rings. The average Bonchev–Trinajstić information content (AvgIpc) is 2.97. The molecule has 0 aliphatic rings. The Balaban J connectivity index is 3.75. The van der Waals surface area contributed by atoms with Crippen LogP contribution in [0.1, 0.15) is 26.7 Å². The number of nitrogens with one attached hydrogen (secondary N) is 1. The molecule has 0 radical (unpaired) electrons. The summed E-state index contributed by atoms with van der Waals surface area (Å²) >= 11 is 0. The first-order chi connectivity index (χ1) is 21.3. The van der Waals surface area contributed by atoms with Crippen LogP contribution in [0.5, 0.6) is 0 Å². The van der Waals surface area contributed by atoms with Crippen molar-refractivity contribution in [2.24, 2.45) is 5.92 Å². The van der Waals surface area contributed by atoms with Gasteiger partial charge in [-0.05, 0) is 12.3 Å². The van der Waals surface area contributed by atoms with E-state index in [1.165, 1.54) is 0 Å². The summed E-state index contributed by atoms with van der Waals surface area (Å²) in [5.41, 5.74) is 0. The number of aliphatic hydroxyl groups is 9. The van der Waals surface area contributed by atoms with Crippen molar-refractivity contribution in [1.82, 2.24) is 5.32 Å². The molecule has 45 heavy (non-hydrogen) atoms. The highest BCUT2D eigenvalue weighted by atomic mass is 16.5. The summed E-state index contributed by atoms with van der Waals surface area (Å²) in [5.74, 6) is -0.126. The molecule has 17 heteroatoms. The van der Waals surface area contributed by atoms with Gasteiger partial charge >= 0.3 is 0 Å². The van der Waals surface area contributed by atoms with Crippen LogP contribution in [-0.2, 0) is 33.2 Å². The monoisotopic (exact) mass is 663 g/mol. The number of carbonyl (C=O) groups excluding carboxylic acids is 1. The minimum atomic E-state index is -1.52. The van der Waals surface area contributed by atoms with Crippen molar-refractivity contribution in [2.45, 2.75) is 75.5 Å². The van der Waals surface area contributed by atoms with Crippen LogP contribution >= 0.6 is 0 Å². The van der Waals surface area contributed by atoms with Gasteiger partial charge in [-0.1, -0.05) is 13.8 Å². The SMILES string of the molecule is CC(C)COCC(O)COCC(O)COCC(O)COCC(O)COCC(O)COCCC(=O)NC[C@H](O)[C@@H](O)[C@H](O)CCO. The minimum Gasteiger partial charge on any atom is -0.396 e. The topological polar surface area (TPSA) is 267 Å². The maximum atomic E-state index is 11.8. The molecular weight excluding hydrogens is 606 g/mol. The van der Waals surface area contributed by atoms with Crippen molar-refractivity contribution < 1.29 is 79.2 Å². The van der Waals surface area contributed by atoms with Gasteiger partial charge in [-0.3, -0.25) is 4.79 Å². The Morgan fingerprint density at radius 2 is 0.911 bits per heavy atom. The van der Waals surface area contributed by atoms with Crippen LogP contribution in [0.3, 0.4) is 0 Å². The van der Waals surface area contributed by atoms with E-state index in [0.717, 1.165) is 0 Å². The van der Waals surface area contributed by atoms with E-state index in [-0.39, 0.29) is 98.7 Å². The smallest absolute Gasteiger partial charge is 0.222 e. The van der Waals surface area contributed by atoms with Gasteiger partial charge < -0.3 is 79.7 Å². The third kappa shape index (κ3) is 26.6. The Labute approximate surface area is 264 Å². The van der Waals surface area contributed by atoms with E-state index >= 15 is 0 Å². The maximum absolute atomic E-state index is 11.8. The Morgan fingerprint density at radius 3 is 1.27 bits per heavy atom. The van der Waals surface area contributed by atoms with E-state index in [0.29, 0.717) is 12.5 Å². The van der Waals surface area contributed by atoms with Crippen molar-refractivity contribution in [2.75, 3.05) is 92.4 Å². The molecule has 1 amide bonds. The lowest BCUT2D eigenvalue weighted by atomic mass is 10.1. The zero-order chi connectivity index (χ0) is 34.0. The van der Waals surface area contributed by atoms with Crippen LogP contribution < -0.4 is 5.32 Å². The Bertz CT molecular complexity index is 693. The number of carbonyl (C=O) groups is 1. The Morgan fingerprint density at radius 1 is 0.556 bits per heavy atom. The molecule has 10 N–H and O–H groups in total. The molecule has 0 aromatic carbocycles. The first-order valence-corrected chi connectivity index (χ1v) is 15.1. The van der Waals surface area contributed by atoms with Crippen LogP contribution in [0, 0.1) is 5.92 Å². The normalized spacial score (nSPS) is 17.4. The van der Waals surface area contributed by atoms with Crippen molar-refractivity contribution in [3.05, 3.63) is 0 Å². The highest BCUT2D eigenvalue weighted by Crippen LogP contribution is 2.04. The lowest BCUT2D eigenvalue weighted by Crippen LogP contribution is -2.45. The second kappa shape index (κ2) is 27.9. The number of rotatable bonds is 31. The summed E-state index contributed by atoms with van der Waals surface area (Å²) in [7, 11) is 0. The molecule has 0 aliphatic carbocycles. The average molecular weight is 664 g/mol. The molecule has 0 aromatic rings. The second-order valence-electron chi connectivity index (χ2n) is 11.1. The lowest BCUT2D eigenvalue weighted by molar-refractivity contribution is -0.124. The fourth-order valence-corrected chi connectivity index (χ4v) is 3.41. The van der Waals surface area contributed by atoms with Crippen LogP contribution in [-0.4, -0.2) is 193 Å². The van der Waals surface area contributed by atoms with Gasteiger partial charge in [0.2, 0.25) is 5.91 Å². The molecule has 0 aliphatic heterocycles. The standard InChI is InChI=1S/C28H57NO16/c1-19(2)8-41-10-21(32)12-43-14-23(34)16-45-18-24(35)17-44-15-22(33)13-42-11-20(31)9-40-6-4-27(38)29-7-26(37)28(39)25(36)3-5-30/h19-26,28,30-37,39H,3-18H2,1-2H3,(H,29,38)/t20?,21?,22?,23?,24?,25-,26+,28+/m1/s1. The molecule has 0 saturated carbocycles. The quantitative estimate of drug-likeness (QED) is 0.0313. The van der Waals surface area contributed by atoms with Gasteiger partial charge in [0, 0.05) is 26.2 Å². The fourth-order valence-electron chi connectivity index (χ4n) is 3.41. The van der Waals surface area contributed by atoms with E-state index in [1.807, 2.05) is 13.8 Å². The Kier molecular flexibility index (Phi) is 27.2. The summed E-state index contributed by atoms with van der Waals surface area (Å²) < 4.78 is 31.4. The van der Waals surface area contributed by atoms with E-state index in [9.17, 15) is 45.6 Å². The molecule has 0 rings (SSSR count). The van der Waals surface area contributed by atoms with Gasteiger partial charge in [0.1, 0.15) is 36.6 Å². The number of aliphatic hydroxyl groups excluding tert-OH is 9. The molecule has 5 unspecified atom stereocenters. The number of amides is 1. The third-order valence-electron chi connectivity index (χ3n) is 5.75. The molecule has 0 heterocycles. The van der Waals surface area contributed by atoms with E-state index in [2.05, 4.69) is 5.32 Å². The van der Waals surface area contributed by atoms with E-state index < -0.39 is 54.7 Å². The van der Waals surface area contributed by atoms with Gasteiger partial charge in [-0.15, -0.1) is 0 Å². The summed E-state index contributed by atoms with van der Waals surface area (Å²) in [6.45, 7) is 2.96. The predicted molar refractivity (Wildman–Crippen MR) is 157 cm³/mol. The first kappa shape index (κ1) is 43.9. The number of ether oxygens (including phenoxy) is 6. The highest BCUT2D eigenvalue weighted by Gasteiger charge is 2.24. The summed E-state index contributed by atoms with van der Waals surface area (Å²) in [5, 5.41) is 89.4. The summed E-state index contributed by atoms with van der Waals surface area (Å²) in [6, 6.07) is 0. The van der Waals surface area contributed by atoms with Crippen molar-refractivity contribution in [3.8, 4) is 0 Å². The van der Waals surface area contributed by atoms with Crippen LogP contribution in [0.15, 0.2) is 0 Å². The molecule has 270 valence electrons. The summed E-state index contributed by atoms with van der Waals surface area (Å²) in [6.07, 6.45) is -9.28.